The van der Waals surface area contributed by atoms with E-state index in [1.807, 2.05) is 54.6 Å². The second-order valence-electron chi connectivity index (χ2n) is 9.93. The van der Waals surface area contributed by atoms with Crippen LogP contribution in [0.2, 0.25) is 0 Å². The zero-order chi connectivity index (χ0) is 31.6. The molecule has 8 nitrogen and oxygen atoms in total. The Hall–Kier alpha value is -5.19. The van der Waals surface area contributed by atoms with Crippen molar-refractivity contribution in [3.8, 4) is 28.7 Å². The maximum atomic E-state index is 12.4. The highest BCUT2D eigenvalue weighted by molar-refractivity contribution is 5.78. The SMILES string of the molecule is CC(Cc1ccc(OCC(=O)NCCc2ccc(Oc3ccccc3)cc2)cc1)(Oc1ccc(OC(F)(F)F)cc1)C(=O)O. The molecule has 0 heterocycles. The molecule has 11 heteroatoms. The first-order chi connectivity index (χ1) is 21.0. The van der Waals surface area contributed by atoms with Gasteiger partial charge in [0.15, 0.2) is 6.61 Å². The molecule has 1 unspecified atom stereocenters. The minimum Gasteiger partial charge on any atom is -0.484 e. The summed E-state index contributed by atoms with van der Waals surface area (Å²) in [6.45, 7) is 1.58. The van der Waals surface area contributed by atoms with E-state index < -0.39 is 23.7 Å². The number of para-hydroxylation sites is 1. The van der Waals surface area contributed by atoms with Gasteiger partial charge in [0, 0.05) is 13.0 Å². The van der Waals surface area contributed by atoms with Gasteiger partial charge in [-0.25, -0.2) is 4.79 Å². The van der Waals surface area contributed by atoms with Crippen LogP contribution in [0.3, 0.4) is 0 Å². The lowest BCUT2D eigenvalue weighted by molar-refractivity contribution is -0.274. The van der Waals surface area contributed by atoms with Crippen LogP contribution in [0.1, 0.15) is 18.1 Å². The van der Waals surface area contributed by atoms with Gasteiger partial charge >= 0.3 is 12.3 Å². The Balaban J connectivity index is 1.21. The number of rotatable bonds is 14. The van der Waals surface area contributed by atoms with E-state index in [0.29, 0.717) is 24.3 Å². The molecule has 230 valence electrons. The Bertz CT molecular complexity index is 1510. The molecule has 4 rings (SSSR count). The number of aliphatic carboxylic acids is 1. The fourth-order valence-corrected chi connectivity index (χ4v) is 4.11. The second kappa shape index (κ2) is 14.3. The number of hydrogen-bond donors (Lipinski definition) is 2. The molecular formula is C33H30F3NO7. The van der Waals surface area contributed by atoms with Crippen molar-refractivity contribution in [2.45, 2.75) is 31.7 Å². The molecule has 0 saturated carbocycles. The lowest BCUT2D eigenvalue weighted by Gasteiger charge is -2.26. The van der Waals surface area contributed by atoms with Crippen molar-refractivity contribution in [3.63, 3.8) is 0 Å². The number of carbonyl (C=O) groups is 2. The molecule has 2 N–H and O–H groups in total. The molecular weight excluding hydrogens is 579 g/mol. The molecule has 1 amide bonds. The standard InChI is InChI=1S/C33H30F3NO7/c1-32(31(39)40,43-28-15-17-29(18-16-28)44-33(34,35)36)21-24-9-11-25(12-10-24)41-22-30(38)37-20-19-23-7-13-27(14-8-23)42-26-5-3-2-4-6-26/h2-18H,19-22H2,1H3,(H,37,38)(H,39,40). The van der Waals surface area contributed by atoms with Gasteiger partial charge in [-0.15, -0.1) is 13.2 Å². The van der Waals surface area contributed by atoms with Crippen LogP contribution >= 0.6 is 0 Å². The van der Waals surface area contributed by atoms with E-state index in [0.717, 1.165) is 29.2 Å². The largest absolute Gasteiger partial charge is 0.573 e. The minimum atomic E-state index is -4.84. The van der Waals surface area contributed by atoms with Crippen LogP contribution in [0.25, 0.3) is 0 Å². The van der Waals surface area contributed by atoms with Gasteiger partial charge in [-0.2, -0.15) is 0 Å². The van der Waals surface area contributed by atoms with E-state index in [1.165, 1.54) is 19.1 Å². The Morgan fingerprint density at radius 2 is 1.23 bits per heavy atom. The normalized spacial score (nSPS) is 12.5. The summed E-state index contributed by atoms with van der Waals surface area (Å²) < 4.78 is 57.9. The second-order valence-corrected chi connectivity index (χ2v) is 9.93. The van der Waals surface area contributed by atoms with Crippen LogP contribution in [-0.4, -0.2) is 42.1 Å². The molecule has 0 aromatic heterocycles. The third kappa shape index (κ3) is 9.97. The molecule has 0 aliphatic rings. The highest BCUT2D eigenvalue weighted by Gasteiger charge is 2.36. The molecule has 4 aromatic rings. The van der Waals surface area contributed by atoms with Gasteiger partial charge < -0.3 is 29.4 Å². The fraction of sp³-hybridized carbons (Fsp3) is 0.212. The lowest BCUT2D eigenvalue weighted by Crippen LogP contribution is -2.43. The molecule has 44 heavy (non-hydrogen) atoms. The molecule has 0 spiro atoms. The first-order valence-electron chi connectivity index (χ1n) is 13.6. The first kappa shape index (κ1) is 31.7. The molecule has 0 aliphatic carbocycles. The van der Waals surface area contributed by atoms with Gasteiger partial charge in [0.1, 0.15) is 28.7 Å². The summed E-state index contributed by atoms with van der Waals surface area (Å²) in [6, 6.07) is 28.0. The van der Waals surface area contributed by atoms with Crippen molar-refractivity contribution in [2.24, 2.45) is 0 Å². The molecule has 0 aliphatic heterocycles. The van der Waals surface area contributed by atoms with Crippen molar-refractivity contribution in [3.05, 3.63) is 114 Å². The number of benzene rings is 4. The zero-order valence-corrected chi connectivity index (χ0v) is 23.7. The maximum Gasteiger partial charge on any atom is 0.573 e. The Morgan fingerprint density at radius 3 is 1.82 bits per heavy atom. The number of ether oxygens (including phenoxy) is 4. The van der Waals surface area contributed by atoms with Crippen molar-refractivity contribution in [2.75, 3.05) is 13.2 Å². The maximum absolute atomic E-state index is 12.4. The molecule has 0 bridgehead atoms. The summed E-state index contributed by atoms with van der Waals surface area (Å²) in [5.74, 6) is -0.0675. The van der Waals surface area contributed by atoms with Gasteiger partial charge in [0.2, 0.25) is 5.60 Å². The van der Waals surface area contributed by atoms with Crippen LogP contribution < -0.4 is 24.3 Å². The summed E-state index contributed by atoms with van der Waals surface area (Å²) in [4.78, 5) is 24.3. The quantitative estimate of drug-likeness (QED) is 0.167. The first-order valence-corrected chi connectivity index (χ1v) is 13.6. The van der Waals surface area contributed by atoms with Gasteiger partial charge in [0.25, 0.3) is 5.91 Å². The van der Waals surface area contributed by atoms with E-state index in [1.54, 1.807) is 24.3 Å². The van der Waals surface area contributed by atoms with Crippen LogP contribution in [0.15, 0.2) is 103 Å². The minimum absolute atomic E-state index is 0.0523. The Labute approximate surface area is 252 Å². The predicted octanol–water partition coefficient (Wildman–Crippen LogP) is 6.58. The molecule has 0 radical (unpaired) electrons. The zero-order valence-electron chi connectivity index (χ0n) is 23.7. The average molecular weight is 610 g/mol. The third-order valence-corrected chi connectivity index (χ3v) is 6.33. The third-order valence-electron chi connectivity index (χ3n) is 6.33. The summed E-state index contributed by atoms with van der Waals surface area (Å²) >= 11 is 0. The number of halogens is 3. The number of carbonyl (C=O) groups excluding carboxylic acids is 1. The fourth-order valence-electron chi connectivity index (χ4n) is 4.11. The summed E-state index contributed by atoms with van der Waals surface area (Å²) in [6.07, 6.45) is -4.27. The Kier molecular flexibility index (Phi) is 10.3. The monoisotopic (exact) mass is 609 g/mol. The number of amides is 1. The molecule has 4 aromatic carbocycles. The predicted molar refractivity (Wildman–Crippen MR) is 155 cm³/mol. The van der Waals surface area contributed by atoms with Crippen molar-refractivity contribution in [1.29, 1.82) is 0 Å². The summed E-state index contributed by atoms with van der Waals surface area (Å²) in [5, 5.41) is 12.6. The molecule has 0 saturated heterocycles. The van der Waals surface area contributed by atoms with Crippen molar-refractivity contribution in [1.82, 2.24) is 5.32 Å². The number of hydrogen-bond acceptors (Lipinski definition) is 6. The summed E-state index contributed by atoms with van der Waals surface area (Å²) in [7, 11) is 0. The molecule has 0 fully saturated rings. The number of alkyl halides is 3. The van der Waals surface area contributed by atoms with E-state index in [-0.39, 0.29) is 24.7 Å². The smallest absolute Gasteiger partial charge is 0.484 e. The van der Waals surface area contributed by atoms with Gasteiger partial charge in [-0.05, 0) is 85.1 Å². The number of carboxylic acid groups (broad SMARTS) is 1. The number of nitrogens with one attached hydrogen (secondary N) is 1. The average Bonchev–Trinajstić information content (AvgIpc) is 2.98. The lowest BCUT2D eigenvalue weighted by atomic mass is 9.96. The van der Waals surface area contributed by atoms with Gasteiger partial charge in [-0.3, -0.25) is 4.79 Å². The van der Waals surface area contributed by atoms with Crippen LogP contribution in [-0.2, 0) is 22.4 Å². The van der Waals surface area contributed by atoms with E-state index >= 15 is 0 Å². The highest BCUT2D eigenvalue weighted by Crippen LogP contribution is 2.28. The Morgan fingerprint density at radius 1 is 0.705 bits per heavy atom. The van der Waals surface area contributed by atoms with Gasteiger partial charge in [-0.1, -0.05) is 42.5 Å². The van der Waals surface area contributed by atoms with Gasteiger partial charge in [0.05, 0.1) is 0 Å². The topological polar surface area (TPSA) is 103 Å². The van der Waals surface area contributed by atoms with E-state index in [9.17, 15) is 27.9 Å². The van der Waals surface area contributed by atoms with E-state index in [4.69, 9.17) is 14.2 Å². The van der Waals surface area contributed by atoms with Crippen LogP contribution in [0.4, 0.5) is 13.2 Å². The molecule has 1 atom stereocenters. The number of carboxylic acids is 1. The van der Waals surface area contributed by atoms with Crippen molar-refractivity contribution < 1.29 is 46.8 Å². The van der Waals surface area contributed by atoms with Crippen LogP contribution in [0.5, 0.6) is 28.7 Å². The van der Waals surface area contributed by atoms with Crippen molar-refractivity contribution >= 4 is 11.9 Å². The summed E-state index contributed by atoms with van der Waals surface area (Å²) in [5.41, 5.74) is -0.0832. The van der Waals surface area contributed by atoms with E-state index in [2.05, 4.69) is 10.1 Å². The van der Waals surface area contributed by atoms with Crippen LogP contribution in [0, 0.1) is 0 Å². The highest BCUT2D eigenvalue weighted by atomic mass is 19.4.